The standard InChI is InChI=1S/C17H25NO/c1-16(2)11-15(17(3,4)19-16)18-14-9-12-7-5-6-8-13(12)10-14/h5-8,14-15,18H,9-11H2,1-4H3. The van der Waals surface area contributed by atoms with Crippen LogP contribution in [0.15, 0.2) is 24.3 Å². The van der Waals surface area contributed by atoms with E-state index in [-0.39, 0.29) is 11.2 Å². The summed E-state index contributed by atoms with van der Waals surface area (Å²) in [5.41, 5.74) is 2.94. The Kier molecular flexibility index (Phi) is 2.99. The van der Waals surface area contributed by atoms with Gasteiger partial charge < -0.3 is 10.1 Å². The van der Waals surface area contributed by atoms with Crippen molar-refractivity contribution >= 4 is 0 Å². The lowest BCUT2D eigenvalue weighted by molar-refractivity contribution is -0.0704. The quantitative estimate of drug-likeness (QED) is 0.881. The van der Waals surface area contributed by atoms with Gasteiger partial charge in [-0.1, -0.05) is 24.3 Å². The van der Waals surface area contributed by atoms with Crippen molar-refractivity contribution in [2.24, 2.45) is 0 Å². The van der Waals surface area contributed by atoms with E-state index >= 15 is 0 Å². The third-order valence-electron chi connectivity index (χ3n) is 4.56. The highest BCUT2D eigenvalue weighted by Gasteiger charge is 2.46. The number of benzene rings is 1. The molecule has 0 bridgehead atoms. The molecule has 104 valence electrons. The van der Waals surface area contributed by atoms with E-state index in [1.165, 1.54) is 11.1 Å². The molecule has 2 nitrogen and oxygen atoms in total. The smallest absolute Gasteiger partial charge is 0.0787 e. The van der Waals surface area contributed by atoms with Crippen LogP contribution in [0.1, 0.15) is 45.2 Å². The molecule has 2 heteroatoms. The molecule has 0 aromatic heterocycles. The van der Waals surface area contributed by atoms with Gasteiger partial charge in [-0.05, 0) is 58.1 Å². The van der Waals surface area contributed by atoms with Crippen molar-refractivity contribution in [1.29, 1.82) is 0 Å². The highest BCUT2D eigenvalue weighted by molar-refractivity contribution is 5.33. The van der Waals surface area contributed by atoms with E-state index in [1.54, 1.807) is 0 Å². The third-order valence-corrected chi connectivity index (χ3v) is 4.56. The van der Waals surface area contributed by atoms with Crippen LogP contribution in [0.2, 0.25) is 0 Å². The Morgan fingerprint density at radius 1 is 1.05 bits per heavy atom. The Bertz CT molecular complexity index is 453. The Hall–Kier alpha value is -0.860. The highest BCUT2D eigenvalue weighted by Crippen LogP contribution is 2.38. The van der Waals surface area contributed by atoms with Crippen molar-refractivity contribution in [3.63, 3.8) is 0 Å². The fraction of sp³-hybridized carbons (Fsp3) is 0.647. The summed E-state index contributed by atoms with van der Waals surface area (Å²) in [4.78, 5) is 0. The third kappa shape index (κ3) is 2.56. The fourth-order valence-electron chi connectivity index (χ4n) is 3.78. The zero-order valence-corrected chi connectivity index (χ0v) is 12.5. The SMILES string of the molecule is CC1(C)CC(NC2Cc3ccccc3C2)C(C)(C)O1. The van der Waals surface area contributed by atoms with E-state index < -0.39 is 0 Å². The lowest BCUT2D eigenvalue weighted by Gasteiger charge is -2.30. The maximum Gasteiger partial charge on any atom is 0.0787 e. The van der Waals surface area contributed by atoms with Crippen molar-refractivity contribution < 1.29 is 4.74 Å². The minimum absolute atomic E-state index is 0.00732. The molecule has 1 saturated heterocycles. The van der Waals surface area contributed by atoms with Crippen LogP contribution in [0, 0.1) is 0 Å². The van der Waals surface area contributed by atoms with Crippen LogP contribution in [0.4, 0.5) is 0 Å². The molecule has 1 atom stereocenters. The van der Waals surface area contributed by atoms with Crippen LogP contribution in [0.3, 0.4) is 0 Å². The van der Waals surface area contributed by atoms with Gasteiger partial charge >= 0.3 is 0 Å². The van der Waals surface area contributed by atoms with Crippen LogP contribution < -0.4 is 5.32 Å². The molecule has 1 aromatic rings. The first-order chi connectivity index (χ1) is 8.86. The topological polar surface area (TPSA) is 21.3 Å². The summed E-state index contributed by atoms with van der Waals surface area (Å²) >= 11 is 0. The lowest BCUT2D eigenvalue weighted by atomic mass is 9.93. The van der Waals surface area contributed by atoms with Gasteiger partial charge in [0.25, 0.3) is 0 Å². The van der Waals surface area contributed by atoms with Crippen molar-refractivity contribution in [2.45, 2.75) is 70.2 Å². The maximum atomic E-state index is 6.17. The summed E-state index contributed by atoms with van der Waals surface area (Å²) in [6.07, 6.45) is 3.40. The molecule has 1 aliphatic carbocycles. The molecule has 1 aliphatic heterocycles. The van der Waals surface area contributed by atoms with Gasteiger partial charge in [-0.3, -0.25) is 0 Å². The van der Waals surface area contributed by atoms with Crippen LogP contribution in [-0.4, -0.2) is 23.3 Å². The Morgan fingerprint density at radius 3 is 2.11 bits per heavy atom. The van der Waals surface area contributed by atoms with E-state index in [1.807, 2.05) is 0 Å². The monoisotopic (exact) mass is 259 g/mol. The summed E-state index contributed by atoms with van der Waals surface area (Å²) in [6, 6.07) is 9.83. The molecule has 0 radical (unpaired) electrons. The summed E-state index contributed by atoms with van der Waals surface area (Å²) in [5.74, 6) is 0. The summed E-state index contributed by atoms with van der Waals surface area (Å²) in [6.45, 7) is 8.81. The molecule has 0 spiro atoms. The van der Waals surface area contributed by atoms with Gasteiger partial charge in [-0.15, -0.1) is 0 Å². The summed E-state index contributed by atoms with van der Waals surface area (Å²) in [7, 11) is 0. The van der Waals surface area contributed by atoms with Crippen molar-refractivity contribution in [3.8, 4) is 0 Å². The normalized spacial score (nSPS) is 28.5. The molecule has 1 fully saturated rings. The van der Waals surface area contributed by atoms with E-state index in [0.717, 1.165) is 19.3 Å². The van der Waals surface area contributed by atoms with E-state index in [2.05, 4.69) is 57.3 Å². The Balaban J connectivity index is 1.68. The average molecular weight is 259 g/mol. The molecule has 19 heavy (non-hydrogen) atoms. The van der Waals surface area contributed by atoms with Gasteiger partial charge in [0.15, 0.2) is 0 Å². The minimum Gasteiger partial charge on any atom is -0.368 e. The molecule has 0 amide bonds. The zero-order chi connectivity index (χ0) is 13.7. The van der Waals surface area contributed by atoms with Crippen molar-refractivity contribution in [3.05, 3.63) is 35.4 Å². The largest absolute Gasteiger partial charge is 0.368 e. The van der Waals surface area contributed by atoms with Crippen LogP contribution in [-0.2, 0) is 17.6 Å². The van der Waals surface area contributed by atoms with Crippen LogP contribution in [0.5, 0.6) is 0 Å². The molecule has 3 rings (SSSR count). The van der Waals surface area contributed by atoms with Gasteiger partial charge in [-0.2, -0.15) is 0 Å². The van der Waals surface area contributed by atoms with E-state index in [0.29, 0.717) is 12.1 Å². The molecule has 1 N–H and O–H groups in total. The highest BCUT2D eigenvalue weighted by atomic mass is 16.5. The summed E-state index contributed by atoms with van der Waals surface area (Å²) in [5, 5.41) is 3.85. The molecule has 0 saturated carbocycles. The van der Waals surface area contributed by atoms with Crippen LogP contribution in [0.25, 0.3) is 0 Å². The molecule has 1 heterocycles. The second-order valence-electron chi connectivity index (χ2n) is 7.26. The van der Waals surface area contributed by atoms with E-state index in [9.17, 15) is 0 Å². The Labute approximate surface area is 116 Å². The average Bonchev–Trinajstić information content (AvgIpc) is 2.76. The van der Waals surface area contributed by atoms with Gasteiger partial charge in [0.05, 0.1) is 11.2 Å². The number of hydrogen-bond acceptors (Lipinski definition) is 2. The molecule has 2 aliphatic rings. The first-order valence-corrected chi connectivity index (χ1v) is 7.39. The first-order valence-electron chi connectivity index (χ1n) is 7.39. The number of rotatable bonds is 2. The first kappa shape index (κ1) is 13.1. The van der Waals surface area contributed by atoms with Crippen molar-refractivity contribution in [1.82, 2.24) is 5.32 Å². The van der Waals surface area contributed by atoms with Gasteiger partial charge in [-0.25, -0.2) is 0 Å². The Morgan fingerprint density at radius 2 is 1.63 bits per heavy atom. The number of nitrogens with one attached hydrogen (secondary N) is 1. The number of hydrogen-bond donors (Lipinski definition) is 1. The predicted octanol–water partition coefficient (Wildman–Crippen LogP) is 3.09. The number of fused-ring (bicyclic) bond motifs is 1. The lowest BCUT2D eigenvalue weighted by Crippen LogP contribution is -2.48. The molecule has 1 aromatic carbocycles. The fourth-order valence-corrected chi connectivity index (χ4v) is 3.78. The van der Waals surface area contributed by atoms with Gasteiger partial charge in [0.1, 0.15) is 0 Å². The minimum atomic E-state index is -0.0712. The zero-order valence-electron chi connectivity index (χ0n) is 12.5. The molecular formula is C17H25NO. The second-order valence-corrected chi connectivity index (χ2v) is 7.26. The number of ether oxygens (including phenoxy) is 1. The molecule has 1 unspecified atom stereocenters. The van der Waals surface area contributed by atoms with Gasteiger partial charge in [0.2, 0.25) is 0 Å². The molecular weight excluding hydrogens is 234 g/mol. The maximum absolute atomic E-state index is 6.17. The van der Waals surface area contributed by atoms with Gasteiger partial charge in [0, 0.05) is 12.1 Å². The predicted molar refractivity (Wildman–Crippen MR) is 78.4 cm³/mol. The van der Waals surface area contributed by atoms with Crippen LogP contribution >= 0.6 is 0 Å². The second kappa shape index (κ2) is 4.32. The van der Waals surface area contributed by atoms with Crippen molar-refractivity contribution in [2.75, 3.05) is 0 Å². The van der Waals surface area contributed by atoms with E-state index in [4.69, 9.17) is 4.74 Å². The summed E-state index contributed by atoms with van der Waals surface area (Å²) < 4.78 is 6.17.